The number of primary amides is 1. The number of piperidine rings is 1. The van der Waals surface area contributed by atoms with E-state index in [1.807, 2.05) is 6.07 Å². The molecule has 1 atom stereocenters. The number of aryl methyl sites for hydroxylation is 1. The monoisotopic (exact) mass is 392 g/mol. The van der Waals surface area contributed by atoms with Gasteiger partial charge in [-0.25, -0.2) is 4.98 Å². The van der Waals surface area contributed by atoms with E-state index in [4.69, 9.17) is 5.73 Å². The van der Waals surface area contributed by atoms with Crippen LogP contribution in [-0.2, 0) is 17.6 Å². The maximum absolute atomic E-state index is 12.9. The lowest BCUT2D eigenvalue weighted by molar-refractivity contribution is -0.126. The van der Waals surface area contributed by atoms with Crippen LogP contribution < -0.4 is 16.0 Å². The lowest BCUT2D eigenvalue weighted by Crippen LogP contribution is -2.44. The molecule has 152 valence electrons. The third-order valence-electron chi connectivity index (χ3n) is 6.11. The maximum Gasteiger partial charge on any atom is 0.267 e. The SMILES string of the molecule is NC(=O)c1cccc(N2CCC(C(=O)NC3CCCc4ccccc4C3)CC2)n1. The van der Waals surface area contributed by atoms with E-state index < -0.39 is 5.91 Å². The van der Waals surface area contributed by atoms with Gasteiger partial charge in [0.2, 0.25) is 5.91 Å². The second-order valence-electron chi connectivity index (χ2n) is 8.08. The number of benzene rings is 1. The van der Waals surface area contributed by atoms with Gasteiger partial charge in [0.1, 0.15) is 11.5 Å². The Morgan fingerprint density at radius 1 is 1.00 bits per heavy atom. The zero-order valence-electron chi connectivity index (χ0n) is 16.6. The molecule has 2 heterocycles. The van der Waals surface area contributed by atoms with Gasteiger partial charge in [0.05, 0.1) is 0 Å². The molecule has 2 aromatic rings. The van der Waals surface area contributed by atoms with Crippen LogP contribution in [0.1, 0.15) is 47.3 Å². The first kappa shape index (κ1) is 19.4. The Balaban J connectivity index is 1.32. The number of nitrogens with one attached hydrogen (secondary N) is 1. The van der Waals surface area contributed by atoms with Gasteiger partial charge < -0.3 is 16.0 Å². The molecule has 0 saturated carbocycles. The van der Waals surface area contributed by atoms with Crippen LogP contribution in [0.5, 0.6) is 0 Å². The summed E-state index contributed by atoms with van der Waals surface area (Å²) in [4.78, 5) is 30.7. The Labute approximate surface area is 171 Å². The standard InChI is InChI=1S/C23H28N4O2/c24-22(28)20-9-4-10-21(26-20)27-13-11-17(12-14-27)23(29)25-19-8-3-7-16-5-1-2-6-18(16)15-19/h1-2,4-6,9-10,17,19H,3,7-8,11-15H2,(H2,24,28)(H,25,29). The summed E-state index contributed by atoms with van der Waals surface area (Å²) in [6.07, 6.45) is 5.74. The van der Waals surface area contributed by atoms with Crippen molar-refractivity contribution in [2.24, 2.45) is 11.7 Å². The molecule has 1 aliphatic heterocycles. The molecule has 1 aromatic carbocycles. The lowest BCUT2D eigenvalue weighted by atomic mass is 9.94. The summed E-state index contributed by atoms with van der Waals surface area (Å²) in [6, 6.07) is 14.1. The second-order valence-corrected chi connectivity index (χ2v) is 8.08. The van der Waals surface area contributed by atoms with E-state index >= 15 is 0 Å². The van der Waals surface area contributed by atoms with Crippen LogP contribution >= 0.6 is 0 Å². The molecule has 1 aromatic heterocycles. The number of carbonyl (C=O) groups is 2. The van der Waals surface area contributed by atoms with Crippen LogP contribution in [0.25, 0.3) is 0 Å². The average molecular weight is 393 g/mol. The molecule has 6 heteroatoms. The van der Waals surface area contributed by atoms with E-state index in [1.165, 1.54) is 11.1 Å². The predicted molar refractivity (Wildman–Crippen MR) is 113 cm³/mol. The summed E-state index contributed by atoms with van der Waals surface area (Å²) < 4.78 is 0. The third kappa shape index (κ3) is 4.58. The van der Waals surface area contributed by atoms with Crippen LogP contribution in [-0.4, -0.2) is 35.9 Å². The van der Waals surface area contributed by atoms with E-state index in [0.717, 1.165) is 57.4 Å². The first-order chi connectivity index (χ1) is 14.1. The fourth-order valence-corrected chi connectivity index (χ4v) is 4.46. The Kier molecular flexibility index (Phi) is 5.79. The average Bonchev–Trinajstić information content (AvgIpc) is 2.95. The minimum absolute atomic E-state index is 0.0315. The fourth-order valence-electron chi connectivity index (χ4n) is 4.46. The summed E-state index contributed by atoms with van der Waals surface area (Å²) in [5, 5.41) is 3.31. The first-order valence-electron chi connectivity index (χ1n) is 10.5. The minimum atomic E-state index is -0.522. The molecular formula is C23H28N4O2. The summed E-state index contributed by atoms with van der Waals surface area (Å²) in [6.45, 7) is 1.50. The number of pyridine rings is 1. The van der Waals surface area contributed by atoms with E-state index in [2.05, 4.69) is 39.5 Å². The molecule has 2 amide bonds. The number of amides is 2. The Hall–Kier alpha value is -2.89. The molecule has 2 aliphatic rings. The highest BCUT2D eigenvalue weighted by Gasteiger charge is 2.28. The highest BCUT2D eigenvalue weighted by Crippen LogP contribution is 2.24. The van der Waals surface area contributed by atoms with Crippen molar-refractivity contribution in [1.29, 1.82) is 0 Å². The molecule has 1 fully saturated rings. The van der Waals surface area contributed by atoms with E-state index in [9.17, 15) is 9.59 Å². The van der Waals surface area contributed by atoms with Gasteiger partial charge in [0.25, 0.3) is 5.91 Å². The number of nitrogens with zero attached hydrogens (tertiary/aromatic N) is 2. The predicted octanol–water partition coefficient (Wildman–Crippen LogP) is 2.46. The highest BCUT2D eigenvalue weighted by molar-refractivity contribution is 5.91. The number of carbonyl (C=O) groups excluding carboxylic acids is 2. The normalized spacial score (nSPS) is 19.9. The van der Waals surface area contributed by atoms with Gasteiger partial charge in [-0.2, -0.15) is 0 Å². The molecule has 4 rings (SSSR count). The summed E-state index contributed by atoms with van der Waals surface area (Å²) in [7, 11) is 0. The minimum Gasteiger partial charge on any atom is -0.364 e. The number of rotatable bonds is 4. The van der Waals surface area contributed by atoms with Crippen LogP contribution in [0.4, 0.5) is 5.82 Å². The fraction of sp³-hybridized carbons (Fsp3) is 0.435. The van der Waals surface area contributed by atoms with E-state index in [1.54, 1.807) is 12.1 Å². The Bertz CT molecular complexity index is 890. The highest BCUT2D eigenvalue weighted by atomic mass is 16.2. The Morgan fingerprint density at radius 2 is 1.76 bits per heavy atom. The summed E-state index contributed by atoms with van der Waals surface area (Å²) in [5.41, 5.74) is 8.39. The largest absolute Gasteiger partial charge is 0.364 e. The molecule has 6 nitrogen and oxygen atoms in total. The Morgan fingerprint density at radius 3 is 2.52 bits per heavy atom. The molecule has 1 saturated heterocycles. The zero-order chi connectivity index (χ0) is 20.2. The van der Waals surface area contributed by atoms with Gasteiger partial charge in [-0.3, -0.25) is 9.59 Å². The third-order valence-corrected chi connectivity index (χ3v) is 6.11. The van der Waals surface area contributed by atoms with Crippen molar-refractivity contribution in [3.05, 3.63) is 59.3 Å². The van der Waals surface area contributed by atoms with Crippen molar-refractivity contribution in [2.75, 3.05) is 18.0 Å². The van der Waals surface area contributed by atoms with Gasteiger partial charge in [0.15, 0.2) is 0 Å². The quantitative estimate of drug-likeness (QED) is 0.783. The summed E-state index contributed by atoms with van der Waals surface area (Å²) >= 11 is 0. The van der Waals surface area contributed by atoms with Gasteiger partial charge in [-0.1, -0.05) is 30.3 Å². The van der Waals surface area contributed by atoms with Crippen LogP contribution in [0.2, 0.25) is 0 Å². The van der Waals surface area contributed by atoms with Crippen molar-refractivity contribution >= 4 is 17.6 Å². The van der Waals surface area contributed by atoms with Crippen LogP contribution in [0.3, 0.4) is 0 Å². The van der Waals surface area contributed by atoms with Crippen molar-refractivity contribution in [3.63, 3.8) is 0 Å². The number of hydrogen-bond acceptors (Lipinski definition) is 4. The van der Waals surface area contributed by atoms with Gasteiger partial charge in [-0.15, -0.1) is 0 Å². The number of fused-ring (bicyclic) bond motifs is 1. The number of hydrogen-bond donors (Lipinski definition) is 2. The molecule has 29 heavy (non-hydrogen) atoms. The maximum atomic E-state index is 12.9. The molecule has 1 aliphatic carbocycles. The summed E-state index contributed by atoms with van der Waals surface area (Å²) in [5.74, 6) is 0.434. The number of anilines is 1. The van der Waals surface area contributed by atoms with E-state index in [-0.39, 0.29) is 23.6 Å². The number of nitrogens with two attached hydrogens (primary N) is 1. The molecule has 1 unspecified atom stereocenters. The lowest BCUT2D eigenvalue weighted by Gasteiger charge is -2.33. The van der Waals surface area contributed by atoms with Crippen molar-refractivity contribution in [1.82, 2.24) is 10.3 Å². The molecule has 0 spiro atoms. The number of aromatic nitrogens is 1. The van der Waals surface area contributed by atoms with E-state index in [0.29, 0.717) is 0 Å². The topological polar surface area (TPSA) is 88.3 Å². The smallest absolute Gasteiger partial charge is 0.267 e. The van der Waals surface area contributed by atoms with Crippen molar-refractivity contribution in [2.45, 2.75) is 44.6 Å². The molecule has 0 bridgehead atoms. The van der Waals surface area contributed by atoms with Gasteiger partial charge in [0, 0.05) is 25.0 Å². The second kappa shape index (κ2) is 8.64. The van der Waals surface area contributed by atoms with Crippen LogP contribution in [0, 0.1) is 5.92 Å². The van der Waals surface area contributed by atoms with Crippen molar-refractivity contribution in [3.8, 4) is 0 Å². The molecule has 0 radical (unpaired) electrons. The molecular weight excluding hydrogens is 364 g/mol. The van der Waals surface area contributed by atoms with Gasteiger partial charge >= 0.3 is 0 Å². The zero-order valence-corrected chi connectivity index (χ0v) is 16.6. The van der Waals surface area contributed by atoms with Crippen molar-refractivity contribution < 1.29 is 9.59 Å². The van der Waals surface area contributed by atoms with Crippen LogP contribution in [0.15, 0.2) is 42.5 Å². The first-order valence-corrected chi connectivity index (χ1v) is 10.5. The molecule has 3 N–H and O–H groups in total. The van der Waals surface area contributed by atoms with Gasteiger partial charge in [-0.05, 0) is 61.8 Å².